The molecule has 1 saturated carbocycles. The Labute approximate surface area is 335 Å². The molecule has 1 saturated heterocycles. The number of nitrogens with zero attached hydrogens (tertiary/aromatic N) is 1. The van der Waals surface area contributed by atoms with Gasteiger partial charge in [-0.15, -0.1) is 0 Å². The molecule has 0 radical (unpaired) electrons. The van der Waals surface area contributed by atoms with Crippen LogP contribution in [0.3, 0.4) is 0 Å². The smallest absolute Gasteiger partial charge is 0.410 e. The fourth-order valence-corrected chi connectivity index (χ4v) is 6.91. The number of esters is 2. The first-order valence-electron chi connectivity index (χ1n) is 18.6. The minimum atomic E-state index is -1.84. The van der Waals surface area contributed by atoms with Gasteiger partial charge in [0.25, 0.3) is 0 Å². The summed E-state index contributed by atoms with van der Waals surface area (Å²) in [6, 6.07) is 22.9. The zero-order chi connectivity index (χ0) is 41.8. The summed E-state index contributed by atoms with van der Waals surface area (Å²) in [7, 11) is 1.34. The van der Waals surface area contributed by atoms with Crippen LogP contribution < -0.4 is 10.6 Å². The van der Waals surface area contributed by atoms with E-state index in [0.29, 0.717) is 16.7 Å². The molecule has 4 N–H and O–H groups in total. The molecule has 5 rings (SSSR count). The van der Waals surface area contributed by atoms with Crippen molar-refractivity contribution in [1.29, 1.82) is 0 Å². The molecule has 3 aromatic carbocycles. The molecule has 1 aliphatic carbocycles. The van der Waals surface area contributed by atoms with Crippen LogP contribution in [-0.2, 0) is 62.6 Å². The lowest BCUT2D eigenvalue weighted by Gasteiger charge is -2.50. The summed E-state index contributed by atoms with van der Waals surface area (Å²) in [6.07, 6.45) is -10.8. The Bertz CT molecular complexity index is 1830. The van der Waals surface area contributed by atoms with Crippen molar-refractivity contribution < 1.29 is 67.3 Å². The van der Waals surface area contributed by atoms with Crippen LogP contribution >= 0.6 is 0 Å². The largest absolute Gasteiger partial charge is 0.457 e. The molecule has 2 fully saturated rings. The van der Waals surface area contributed by atoms with Crippen molar-refractivity contribution in [3.8, 4) is 0 Å². The van der Waals surface area contributed by atoms with E-state index < -0.39 is 91.3 Å². The van der Waals surface area contributed by atoms with Crippen molar-refractivity contribution in [2.24, 2.45) is 0 Å². The Morgan fingerprint density at radius 1 is 0.707 bits per heavy atom. The molecule has 3 aromatic rings. The van der Waals surface area contributed by atoms with E-state index in [1.807, 2.05) is 12.1 Å². The second kappa shape index (κ2) is 20.1. The molecule has 9 atom stereocenters. The second-order valence-corrected chi connectivity index (χ2v) is 14.2. The first-order chi connectivity index (χ1) is 27.7. The van der Waals surface area contributed by atoms with Gasteiger partial charge in [0.1, 0.15) is 43.7 Å². The van der Waals surface area contributed by atoms with E-state index in [0.717, 1.165) is 18.7 Å². The first kappa shape index (κ1) is 43.4. The molecule has 0 bridgehead atoms. The molecule has 3 amide bonds. The highest BCUT2D eigenvalue weighted by Gasteiger charge is 2.56. The fourth-order valence-electron chi connectivity index (χ4n) is 6.91. The molecule has 17 heteroatoms. The third-order valence-electron chi connectivity index (χ3n) is 9.57. The average molecular weight is 808 g/mol. The maximum atomic E-state index is 13.4. The van der Waals surface area contributed by atoms with Gasteiger partial charge in [-0.2, -0.15) is 0 Å². The van der Waals surface area contributed by atoms with Gasteiger partial charge in [-0.1, -0.05) is 91.0 Å². The number of amides is 3. The van der Waals surface area contributed by atoms with Crippen LogP contribution in [0.25, 0.3) is 0 Å². The maximum absolute atomic E-state index is 13.4. The van der Waals surface area contributed by atoms with Crippen LogP contribution in [0, 0.1) is 0 Å². The van der Waals surface area contributed by atoms with Crippen molar-refractivity contribution in [2.75, 3.05) is 13.7 Å². The SMILES string of the molecule is CC(=O)O[C@H]1[C@H](O)[C@@H](NC(=O)OCc2ccccc2)C[C@@H](NC(=O)OCc2ccccc2)[C@@H]1O[C@H]1OC[C@](C)(O)[C@H](N(C)C(=O)OCc2ccccc2)[C@H]1OC(C)=O. The van der Waals surface area contributed by atoms with Gasteiger partial charge < -0.3 is 58.9 Å². The highest BCUT2D eigenvalue weighted by atomic mass is 16.7. The zero-order valence-corrected chi connectivity index (χ0v) is 32.6. The van der Waals surface area contributed by atoms with E-state index in [1.165, 1.54) is 14.0 Å². The predicted molar refractivity (Wildman–Crippen MR) is 202 cm³/mol. The topological polar surface area (TPSA) is 218 Å². The molecule has 2 aliphatic rings. The minimum absolute atomic E-state index is 0.0855. The summed E-state index contributed by atoms with van der Waals surface area (Å²) in [5.41, 5.74) is 0.255. The number of alkyl carbamates (subject to hydrolysis) is 2. The van der Waals surface area contributed by atoms with Crippen molar-refractivity contribution in [3.05, 3.63) is 108 Å². The molecular formula is C41H49N3O14. The monoisotopic (exact) mass is 807 g/mol. The number of rotatable bonds is 13. The number of aliphatic hydroxyl groups excluding tert-OH is 1. The summed E-state index contributed by atoms with van der Waals surface area (Å²) in [5, 5.41) is 28.5. The quantitative estimate of drug-likeness (QED) is 0.144. The first-order valence-corrected chi connectivity index (χ1v) is 18.6. The Balaban J connectivity index is 1.41. The lowest BCUT2D eigenvalue weighted by atomic mass is 9.83. The van der Waals surface area contributed by atoms with Crippen molar-refractivity contribution >= 4 is 30.2 Å². The van der Waals surface area contributed by atoms with Crippen LogP contribution in [0.2, 0.25) is 0 Å². The van der Waals surface area contributed by atoms with Crippen LogP contribution in [0.1, 0.15) is 43.9 Å². The van der Waals surface area contributed by atoms with Gasteiger partial charge in [-0.05, 0) is 30.0 Å². The van der Waals surface area contributed by atoms with Crippen LogP contribution in [-0.4, -0.2) is 113 Å². The third-order valence-corrected chi connectivity index (χ3v) is 9.57. The van der Waals surface area contributed by atoms with Gasteiger partial charge in [0, 0.05) is 20.9 Å². The molecule has 0 unspecified atom stereocenters. The molecule has 0 spiro atoms. The van der Waals surface area contributed by atoms with Crippen LogP contribution in [0.4, 0.5) is 14.4 Å². The molecular weight excluding hydrogens is 758 g/mol. The molecule has 0 aromatic heterocycles. The summed E-state index contributed by atoms with van der Waals surface area (Å²) in [4.78, 5) is 65.9. The van der Waals surface area contributed by atoms with Gasteiger partial charge in [0.15, 0.2) is 18.5 Å². The summed E-state index contributed by atoms with van der Waals surface area (Å²) in [5.74, 6) is -1.67. The lowest BCUT2D eigenvalue weighted by molar-refractivity contribution is -0.308. The van der Waals surface area contributed by atoms with Crippen LogP contribution in [0.5, 0.6) is 0 Å². The van der Waals surface area contributed by atoms with Crippen molar-refractivity contribution in [3.63, 3.8) is 0 Å². The van der Waals surface area contributed by atoms with E-state index in [-0.39, 0.29) is 26.2 Å². The number of carbonyl (C=O) groups is 5. The highest BCUT2D eigenvalue weighted by Crippen LogP contribution is 2.35. The average Bonchev–Trinajstić information content (AvgIpc) is 3.19. The Hall–Kier alpha value is -5.75. The van der Waals surface area contributed by atoms with Crippen molar-refractivity contribution in [2.45, 2.75) is 101 Å². The number of aliphatic hydroxyl groups is 2. The molecule has 312 valence electrons. The summed E-state index contributed by atoms with van der Waals surface area (Å²) >= 11 is 0. The van der Waals surface area contributed by atoms with E-state index in [9.17, 15) is 34.2 Å². The van der Waals surface area contributed by atoms with Crippen LogP contribution in [0.15, 0.2) is 91.0 Å². The van der Waals surface area contributed by atoms with Gasteiger partial charge in [-0.3, -0.25) is 9.59 Å². The molecule has 1 heterocycles. The lowest BCUT2D eigenvalue weighted by Crippen LogP contribution is -2.70. The molecule has 17 nitrogen and oxygen atoms in total. The van der Waals surface area contributed by atoms with Gasteiger partial charge in [0.2, 0.25) is 0 Å². The van der Waals surface area contributed by atoms with Gasteiger partial charge in [-0.25, -0.2) is 14.4 Å². The Morgan fingerprint density at radius 2 is 1.16 bits per heavy atom. The van der Waals surface area contributed by atoms with Gasteiger partial charge in [0.05, 0.1) is 18.7 Å². The number of likely N-dealkylation sites (N-methyl/N-ethyl adjacent to an activating group) is 1. The Morgan fingerprint density at radius 3 is 1.64 bits per heavy atom. The highest BCUT2D eigenvalue weighted by molar-refractivity contribution is 5.70. The summed E-state index contributed by atoms with van der Waals surface area (Å²) in [6.45, 7) is 2.82. The van der Waals surface area contributed by atoms with E-state index in [2.05, 4.69) is 10.6 Å². The number of ether oxygens (including phenoxy) is 7. The fraction of sp³-hybridized carbons (Fsp3) is 0.439. The number of hydrogen-bond donors (Lipinski definition) is 4. The number of hydrogen-bond acceptors (Lipinski definition) is 14. The standard InChI is InChI=1S/C41H49N3O14/c1-25(45)56-34-32(47)30(42-38(48)52-21-27-14-8-5-9-15-27)20-31(43-39(49)53-22-28-16-10-6-11-17-28)33(34)58-37-35(57-26(2)46)36(41(3,51)24-55-37)44(4)40(50)54-23-29-18-12-7-13-19-29/h5-19,30-37,47,51H,20-24H2,1-4H3,(H,42,48)(H,43,49)/t30-,31+,32+,33-,34-,35+,36+,37+,41-/m0/s1. The third kappa shape index (κ3) is 11.9. The van der Waals surface area contributed by atoms with Gasteiger partial charge >= 0.3 is 30.2 Å². The number of carbonyl (C=O) groups excluding carboxylic acids is 5. The number of nitrogens with one attached hydrogen (secondary N) is 2. The minimum Gasteiger partial charge on any atom is -0.457 e. The second-order valence-electron chi connectivity index (χ2n) is 14.2. The van der Waals surface area contributed by atoms with Crippen molar-refractivity contribution in [1.82, 2.24) is 15.5 Å². The molecule has 58 heavy (non-hydrogen) atoms. The molecule has 1 aliphatic heterocycles. The zero-order valence-electron chi connectivity index (χ0n) is 32.6. The van der Waals surface area contributed by atoms with E-state index in [1.54, 1.807) is 78.9 Å². The van der Waals surface area contributed by atoms with E-state index in [4.69, 9.17) is 33.2 Å². The predicted octanol–water partition coefficient (Wildman–Crippen LogP) is 3.33. The van der Waals surface area contributed by atoms with E-state index >= 15 is 0 Å². The summed E-state index contributed by atoms with van der Waals surface area (Å²) < 4.78 is 39.9. The maximum Gasteiger partial charge on any atom is 0.410 e. The normalized spacial score (nSPS) is 26.6. The number of benzene rings is 3. The Kier molecular flexibility index (Phi) is 15.0.